The lowest BCUT2D eigenvalue weighted by molar-refractivity contribution is 0.0750. The monoisotopic (exact) mass is 407 g/mol. The molecule has 0 unspecified atom stereocenters. The number of amides is 1. The maximum atomic E-state index is 13.1. The van der Waals surface area contributed by atoms with Crippen molar-refractivity contribution in [3.05, 3.63) is 52.0 Å². The van der Waals surface area contributed by atoms with E-state index in [1.807, 2.05) is 37.3 Å². The standard InChI is InChI=1S/C19H22BrNO4/c1-5-21(12-13-9-7-6-8-10-13)19(22)14-11-15(23-2)17(24-3)18(25-4)16(14)20/h6-11H,5,12H2,1-4H3. The molecule has 0 aliphatic heterocycles. The Morgan fingerprint density at radius 3 is 2.20 bits per heavy atom. The second-order valence-corrected chi connectivity index (χ2v) is 6.10. The summed E-state index contributed by atoms with van der Waals surface area (Å²) in [6.45, 7) is 3.06. The van der Waals surface area contributed by atoms with Crippen LogP contribution in [0.1, 0.15) is 22.8 Å². The number of ether oxygens (including phenoxy) is 3. The molecule has 0 radical (unpaired) electrons. The summed E-state index contributed by atoms with van der Waals surface area (Å²) in [6.07, 6.45) is 0. The highest BCUT2D eigenvalue weighted by Crippen LogP contribution is 2.45. The molecule has 25 heavy (non-hydrogen) atoms. The molecular formula is C19H22BrNO4. The minimum atomic E-state index is -0.113. The Kier molecular flexibility index (Phi) is 6.70. The largest absolute Gasteiger partial charge is 0.493 e. The number of rotatable bonds is 7. The van der Waals surface area contributed by atoms with Gasteiger partial charge in [0.2, 0.25) is 5.75 Å². The first-order valence-corrected chi connectivity index (χ1v) is 8.68. The third-order valence-electron chi connectivity index (χ3n) is 3.89. The van der Waals surface area contributed by atoms with Crippen molar-refractivity contribution in [2.45, 2.75) is 13.5 Å². The molecule has 0 bridgehead atoms. The summed E-state index contributed by atoms with van der Waals surface area (Å²) in [7, 11) is 4.58. The van der Waals surface area contributed by atoms with Crippen molar-refractivity contribution >= 4 is 21.8 Å². The van der Waals surface area contributed by atoms with Gasteiger partial charge in [-0.05, 0) is 34.5 Å². The van der Waals surface area contributed by atoms with Gasteiger partial charge >= 0.3 is 0 Å². The summed E-state index contributed by atoms with van der Waals surface area (Å²) in [4.78, 5) is 14.8. The van der Waals surface area contributed by atoms with Gasteiger partial charge in [0.1, 0.15) is 0 Å². The van der Waals surface area contributed by atoms with E-state index in [0.717, 1.165) is 5.56 Å². The molecule has 0 spiro atoms. The number of hydrogen-bond donors (Lipinski definition) is 0. The van der Waals surface area contributed by atoms with Crippen LogP contribution in [0.25, 0.3) is 0 Å². The number of halogens is 1. The molecular weight excluding hydrogens is 386 g/mol. The van der Waals surface area contributed by atoms with Crippen LogP contribution in [0, 0.1) is 0 Å². The Hall–Kier alpha value is -2.21. The van der Waals surface area contributed by atoms with Gasteiger partial charge in [0.15, 0.2) is 11.5 Å². The van der Waals surface area contributed by atoms with Crippen LogP contribution in [0.4, 0.5) is 0 Å². The van der Waals surface area contributed by atoms with Crippen LogP contribution in [0.5, 0.6) is 17.2 Å². The van der Waals surface area contributed by atoms with Gasteiger partial charge < -0.3 is 19.1 Å². The van der Waals surface area contributed by atoms with Crippen LogP contribution in [-0.2, 0) is 6.54 Å². The van der Waals surface area contributed by atoms with Crippen LogP contribution in [0.15, 0.2) is 40.9 Å². The van der Waals surface area contributed by atoms with Crippen molar-refractivity contribution in [1.29, 1.82) is 0 Å². The fourth-order valence-corrected chi connectivity index (χ4v) is 3.20. The second kappa shape index (κ2) is 8.76. The number of methoxy groups -OCH3 is 3. The molecule has 6 heteroatoms. The zero-order valence-corrected chi connectivity index (χ0v) is 16.4. The number of benzene rings is 2. The van der Waals surface area contributed by atoms with Gasteiger partial charge in [0.05, 0.1) is 31.4 Å². The fourth-order valence-electron chi connectivity index (χ4n) is 2.58. The Morgan fingerprint density at radius 1 is 1.04 bits per heavy atom. The third-order valence-corrected chi connectivity index (χ3v) is 4.67. The van der Waals surface area contributed by atoms with Gasteiger partial charge in [0, 0.05) is 13.1 Å². The molecule has 2 aromatic rings. The maximum absolute atomic E-state index is 13.1. The molecule has 5 nitrogen and oxygen atoms in total. The first kappa shape index (κ1) is 19.1. The predicted octanol–water partition coefficient (Wildman–Crippen LogP) is 4.14. The Labute approximate surface area is 156 Å². The zero-order valence-electron chi connectivity index (χ0n) is 14.8. The van der Waals surface area contributed by atoms with E-state index in [-0.39, 0.29) is 5.91 Å². The van der Waals surface area contributed by atoms with Crippen LogP contribution in [0.2, 0.25) is 0 Å². The molecule has 1 amide bonds. The van der Waals surface area contributed by atoms with Gasteiger partial charge in [-0.15, -0.1) is 0 Å². The number of carbonyl (C=O) groups excluding carboxylic acids is 1. The van der Waals surface area contributed by atoms with Crippen LogP contribution in [-0.4, -0.2) is 38.7 Å². The van der Waals surface area contributed by atoms with Crippen LogP contribution >= 0.6 is 15.9 Å². The van der Waals surface area contributed by atoms with E-state index in [4.69, 9.17) is 14.2 Å². The van der Waals surface area contributed by atoms with E-state index in [2.05, 4.69) is 15.9 Å². The minimum absolute atomic E-state index is 0.113. The molecule has 0 heterocycles. The molecule has 134 valence electrons. The van der Waals surface area contributed by atoms with E-state index < -0.39 is 0 Å². The lowest BCUT2D eigenvalue weighted by atomic mass is 10.1. The molecule has 0 aromatic heterocycles. The summed E-state index contributed by atoms with van der Waals surface area (Å²) in [5.41, 5.74) is 1.54. The van der Waals surface area contributed by atoms with Crippen molar-refractivity contribution in [2.24, 2.45) is 0 Å². The van der Waals surface area contributed by atoms with Crippen LogP contribution in [0.3, 0.4) is 0 Å². The average molecular weight is 408 g/mol. The molecule has 0 aliphatic rings. The van der Waals surface area contributed by atoms with Gasteiger partial charge in [0.25, 0.3) is 5.91 Å². The molecule has 0 fully saturated rings. The normalized spacial score (nSPS) is 10.3. The van der Waals surface area contributed by atoms with E-state index >= 15 is 0 Å². The maximum Gasteiger partial charge on any atom is 0.255 e. The van der Waals surface area contributed by atoms with E-state index in [9.17, 15) is 4.79 Å². The molecule has 0 atom stereocenters. The molecule has 2 aromatic carbocycles. The summed E-state index contributed by atoms with van der Waals surface area (Å²) in [6, 6.07) is 11.5. The fraction of sp³-hybridized carbons (Fsp3) is 0.316. The summed E-state index contributed by atoms with van der Waals surface area (Å²) in [5.74, 6) is 1.21. The summed E-state index contributed by atoms with van der Waals surface area (Å²) < 4.78 is 16.7. The van der Waals surface area contributed by atoms with Crippen molar-refractivity contribution in [2.75, 3.05) is 27.9 Å². The topological polar surface area (TPSA) is 48.0 Å². The highest BCUT2D eigenvalue weighted by molar-refractivity contribution is 9.10. The summed E-state index contributed by atoms with van der Waals surface area (Å²) >= 11 is 3.47. The Balaban J connectivity index is 2.43. The average Bonchev–Trinajstić information content (AvgIpc) is 2.65. The van der Waals surface area contributed by atoms with Gasteiger partial charge in [-0.2, -0.15) is 0 Å². The molecule has 0 saturated heterocycles. The molecule has 0 aliphatic carbocycles. The van der Waals surface area contributed by atoms with Crippen LogP contribution < -0.4 is 14.2 Å². The highest BCUT2D eigenvalue weighted by atomic mass is 79.9. The smallest absolute Gasteiger partial charge is 0.255 e. The Morgan fingerprint density at radius 2 is 1.68 bits per heavy atom. The lowest BCUT2D eigenvalue weighted by Gasteiger charge is -2.23. The zero-order chi connectivity index (χ0) is 18.4. The predicted molar refractivity (Wildman–Crippen MR) is 101 cm³/mol. The number of carbonyl (C=O) groups is 1. The van der Waals surface area contributed by atoms with Gasteiger partial charge in [-0.25, -0.2) is 0 Å². The SMILES string of the molecule is CCN(Cc1ccccc1)C(=O)c1cc(OC)c(OC)c(OC)c1Br. The molecule has 0 saturated carbocycles. The first-order chi connectivity index (χ1) is 12.1. The highest BCUT2D eigenvalue weighted by Gasteiger charge is 2.25. The second-order valence-electron chi connectivity index (χ2n) is 5.31. The van der Waals surface area contributed by atoms with E-state index in [0.29, 0.717) is 40.4 Å². The molecule has 0 N–H and O–H groups in total. The third kappa shape index (κ3) is 4.07. The molecule has 2 rings (SSSR count). The number of nitrogens with zero attached hydrogens (tertiary/aromatic N) is 1. The first-order valence-electron chi connectivity index (χ1n) is 7.88. The Bertz CT molecular complexity index is 734. The minimum Gasteiger partial charge on any atom is -0.493 e. The van der Waals surface area contributed by atoms with Gasteiger partial charge in [-0.1, -0.05) is 30.3 Å². The number of hydrogen-bond acceptors (Lipinski definition) is 4. The van der Waals surface area contributed by atoms with Gasteiger partial charge in [-0.3, -0.25) is 4.79 Å². The van der Waals surface area contributed by atoms with Crippen molar-refractivity contribution in [3.63, 3.8) is 0 Å². The van der Waals surface area contributed by atoms with E-state index in [1.54, 1.807) is 11.0 Å². The quantitative estimate of drug-likeness (QED) is 0.691. The lowest BCUT2D eigenvalue weighted by Crippen LogP contribution is -2.30. The van der Waals surface area contributed by atoms with Crippen molar-refractivity contribution in [3.8, 4) is 17.2 Å². The van der Waals surface area contributed by atoms with Crippen molar-refractivity contribution in [1.82, 2.24) is 4.90 Å². The van der Waals surface area contributed by atoms with Crippen molar-refractivity contribution < 1.29 is 19.0 Å². The van der Waals surface area contributed by atoms with E-state index in [1.165, 1.54) is 21.3 Å². The summed E-state index contributed by atoms with van der Waals surface area (Å²) in [5, 5.41) is 0.